The Morgan fingerprint density at radius 3 is 2.15 bits per heavy atom. The first-order chi connectivity index (χ1) is 22.0. The molecule has 0 aliphatic carbocycles. The van der Waals surface area contributed by atoms with Gasteiger partial charge in [0.2, 0.25) is 0 Å². The number of halogens is 3. The van der Waals surface area contributed by atoms with Crippen molar-refractivity contribution in [1.29, 1.82) is 0 Å². The maximum atomic E-state index is 13.2. The number of hydrogen-bond acceptors (Lipinski definition) is 8. The lowest BCUT2D eigenvalue weighted by atomic mass is 10.1. The Labute approximate surface area is 265 Å². The monoisotopic (exact) mass is 648 g/mol. The number of hydrazine groups is 2. The van der Waals surface area contributed by atoms with Gasteiger partial charge in [-0.3, -0.25) is 9.61 Å². The number of para-hydroxylation sites is 1. The highest BCUT2D eigenvalue weighted by Gasteiger charge is 2.33. The van der Waals surface area contributed by atoms with E-state index < -0.39 is 21.9 Å². The van der Waals surface area contributed by atoms with Gasteiger partial charge in [0.15, 0.2) is 5.84 Å². The molecule has 0 fully saturated rings. The average Bonchev–Trinajstić information content (AvgIpc) is 3.50. The van der Waals surface area contributed by atoms with Crippen molar-refractivity contribution in [3.05, 3.63) is 132 Å². The predicted octanol–water partition coefficient (Wildman–Crippen LogP) is 7.78. The molecule has 0 spiro atoms. The molecule has 12 heteroatoms. The SMILES string of the molecule is CC(C)OS(=O)(=O)c1cccc2ccccc12.COc1cccc(C2=NN(c3cccc(C(F)(F)F)c3)N(c3ccccc3)N2)c1. The zero-order valence-electron chi connectivity index (χ0n) is 25.1. The molecule has 238 valence electrons. The average molecular weight is 649 g/mol. The fourth-order valence-corrected chi connectivity index (χ4v) is 5.95. The summed E-state index contributed by atoms with van der Waals surface area (Å²) >= 11 is 0. The van der Waals surface area contributed by atoms with Crippen LogP contribution in [-0.2, 0) is 20.5 Å². The Morgan fingerprint density at radius 1 is 0.783 bits per heavy atom. The first-order valence-corrected chi connectivity index (χ1v) is 15.6. The number of nitrogens with one attached hydrogen (secondary N) is 1. The molecule has 1 aliphatic rings. The molecule has 0 radical (unpaired) electrons. The van der Waals surface area contributed by atoms with Crippen LogP contribution in [0, 0.1) is 0 Å². The number of anilines is 2. The van der Waals surface area contributed by atoms with E-state index in [1.165, 1.54) is 11.2 Å². The van der Waals surface area contributed by atoms with E-state index in [2.05, 4.69) is 10.5 Å². The lowest BCUT2D eigenvalue weighted by Gasteiger charge is -2.28. The second kappa shape index (κ2) is 13.5. The van der Waals surface area contributed by atoms with Gasteiger partial charge in [-0.05, 0) is 67.8 Å². The van der Waals surface area contributed by atoms with Gasteiger partial charge in [-0.15, -0.1) is 5.10 Å². The molecule has 46 heavy (non-hydrogen) atoms. The third-order valence-corrected chi connectivity index (χ3v) is 8.22. The van der Waals surface area contributed by atoms with Gasteiger partial charge in [0.05, 0.1) is 30.2 Å². The molecule has 0 saturated carbocycles. The van der Waals surface area contributed by atoms with Crippen molar-refractivity contribution in [2.45, 2.75) is 31.0 Å². The summed E-state index contributed by atoms with van der Waals surface area (Å²) in [5, 5.41) is 9.10. The summed E-state index contributed by atoms with van der Waals surface area (Å²) in [7, 11) is -2.12. The van der Waals surface area contributed by atoms with Gasteiger partial charge >= 0.3 is 6.18 Å². The van der Waals surface area contributed by atoms with Crippen LogP contribution in [0.15, 0.2) is 131 Å². The summed E-state index contributed by atoms with van der Waals surface area (Å²) in [5.41, 5.74) is 4.13. The van der Waals surface area contributed by atoms with Crippen LogP contribution in [0.1, 0.15) is 25.0 Å². The van der Waals surface area contributed by atoms with Crippen LogP contribution < -0.4 is 20.4 Å². The summed E-state index contributed by atoms with van der Waals surface area (Å²) in [6, 6.07) is 34.0. The number of ether oxygens (including phenoxy) is 1. The largest absolute Gasteiger partial charge is 0.497 e. The molecule has 8 nitrogen and oxygen atoms in total. The highest BCUT2D eigenvalue weighted by atomic mass is 32.2. The van der Waals surface area contributed by atoms with Crippen molar-refractivity contribution in [2.75, 3.05) is 17.3 Å². The van der Waals surface area contributed by atoms with Crippen LogP contribution in [-0.4, -0.2) is 27.5 Å². The normalized spacial score (nSPS) is 13.2. The minimum atomic E-state index is -4.44. The molecule has 5 aromatic rings. The lowest BCUT2D eigenvalue weighted by Crippen LogP contribution is -2.44. The highest BCUT2D eigenvalue weighted by Crippen LogP contribution is 2.34. The maximum Gasteiger partial charge on any atom is 0.416 e. The van der Waals surface area contributed by atoms with Gasteiger partial charge in [-0.25, -0.2) is 0 Å². The van der Waals surface area contributed by atoms with E-state index in [9.17, 15) is 21.6 Å². The van der Waals surface area contributed by atoms with Crippen molar-refractivity contribution >= 4 is 38.1 Å². The molecule has 1 aliphatic heterocycles. The van der Waals surface area contributed by atoms with Crippen LogP contribution in [0.3, 0.4) is 0 Å². The Balaban J connectivity index is 0.000000209. The Hall–Kier alpha value is -5.07. The van der Waals surface area contributed by atoms with E-state index in [1.807, 2.05) is 66.7 Å². The zero-order valence-corrected chi connectivity index (χ0v) is 26.0. The number of fused-ring (bicyclic) bond motifs is 1. The number of nitrogens with zero attached hydrogens (tertiary/aromatic N) is 3. The van der Waals surface area contributed by atoms with E-state index in [0.717, 1.165) is 23.1 Å². The summed E-state index contributed by atoms with van der Waals surface area (Å²) in [4.78, 5) is 0.226. The molecule has 0 amide bonds. The van der Waals surface area contributed by atoms with Gasteiger partial charge < -0.3 is 4.74 Å². The fourth-order valence-electron chi connectivity index (χ4n) is 4.64. The smallest absolute Gasteiger partial charge is 0.416 e. The van der Waals surface area contributed by atoms with Crippen molar-refractivity contribution in [3.8, 4) is 5.75 Å². The Morgan fingerprint density at radius 2 is 1.43 bits per heavy atom. The second-order valence-electron chi connectivity index (χ2n) is 10.4. The molecule has 0 unspecified atom stereocenters. The topological polar surface area (TPSA) is 83.5 Å². The molecule has 1 heterocycles. The third kappa shape index (κ3) is 7.41. The van der Waals surface area contributed by atoms with Crippen molar-refractivity contribution in [2.24, 2.45) is 5.10 Å². The van der Waals surface area contributed by atoms with Gasteiger partial charge in [0.25, 0.3) is 10.1 Å². The van der Waals surface area contributed by atoms with Crippen molar-refractivity contribution < 1.29 is 30.5 Å². The van der Waals surface area contributed by atoms with Gasteiger partial charge in [0.1, 0.15) is 10.6 Å². The number of amidine groups is 1. The molecule has 0 bridgehead atoms. The van der Waals surface area contributed by atoms with E-state index in [4.69, 9.17) is 8.92 Å². The summed E-state index contributed by atoms with van der Waals surface area (Å²) in [6.45, 7) is 3.39. The minimum Gasteiger partial charge on any atom is -0.497 e. The van der Waals surface area contributed by atoms with Crippen LogP contribution in [0.5, 0.6) is 5.75 Å². The first-order valence-electron chi connectivity index (χ1n) is 14.2. The minimum absolute atomic E-state index is 0.226. The van der Waals surface area contributed by atoms with E-state index in [-0.39, 0.29) is 16.7 Å². The fraction of sp³-hybridized carbons (Fsp3) is 0.147. The van der Waals surface area contributed by atoms with Gasteiger partial charge in [-0.1, -0.05) is 72.8 Å². The molecular formula is C34H31F3N4O4S. The third-order valence-electron chi connectivity index (χ3n) is 6.68. The summed E-state index contributed by atoms with van der Waals surface area (Å²) in [6.07, 6.45) is -4.81. The summed E-state index contributed by atoms with van der Waals surface area (Å²) < 4.78 is 73.9. The molecule has 0 saturated heterocycles. The van der Waals surface area contributed by atoms with Gasteiger partial charge in [0, 0.05) is 10.9 Å². The Bertz CT molecular complexity index is 1950. The number of benzene rings is 5. The van der Waals surface area contributed by atoms with Crippen LogP contribution in [0.2, 0.25) is 0 Å². The highest BCUT2D eigenvalue weighted by molar-refractivity contribution is 7.87. The summed E-state index contributed by atoms with van der Waals surface area (Å²) in [5.74, 6) is 1.13. The number of hydrogen-bond donors (Lipinski definition) is 1. The number of alkyl halides is 3. The lowest BCUT2D eigenvalue weighted by molar-refractivity contribution is -0.137. The number of methoxy groups -OCH3 is 1. The predicted molar refractivity (Wildman–Crippen MR) is 173 cm³/mol. The molecule has 6 rings (SSSR count). The van der Waals surface area contributed by atoms with E-state index in [0.29, 0.717) is 22.7 Å². The molecule has 0 atom stereocenters. The Kier molecular flexibility index (Phi) is 9.49. The second-order valence-corrected chi connectivity index (χ2v) is 11.9. The van der Waals surface area contributed by atoms with Crippen LogP contribution in [0.4, 0.5) is 24.5 Å². The number of hydrazone groups is 1. The van der Waals surface area contributed by atoms with Crippen molar-refractivity contribution in [1.82, 2.24) is 5.43 Å². The molecular weight excluding hydrogens is 617 g/mol. The van der Waals surface area contributed by atoms with E-state index in [1.54, 1.807) is 62.5 Å². The van der Waals surface area contributed by atoms with Crippen LogP contribution >= 0.6 is 0 Å². The number of rotatable bonds is 7. The first kappa shape index (κ1) is 32.3. The zero-order chi connectivity index (χ0) is 32.9. The van der Waals surface area contributed by atoms with Crippen LogP contribution in [0.25, 0.3) is 10.8 Å². The van der Waals surface area contributed by atoms with E-state index >= 15 is 0 Å². The molecule has 5 aromatic carbocycles. The van der Waals surface area contributed by atoms with Crippen molar-refractivity contribution in [3.63, 3.8) is 0 Å². The maximum absolute atomic E-state index is 13.2. The standard InChI is InChI=1S/C21H17F3N4O.C13H14O3S/c1-29-19-12-5-7-15(13-19)20-25-27(17-9-3-2-4-10-17)28(26-20)18-11-6-8-16(14-18)21(22,23)24;1-10(2)16-17(14,15)13-9-5-7-11-6-3-4-8-12(11)13/h2-14H,1H3,(H,25,26);3-10H,1-2H3. The van der Waals surface area contributed by atoms with Gasteiger partial charge in [-0.2, -0.15) is 31.8 Å². The quantitative estimate of drug-likeness (QED) is 0.181. The molecule has 1 N–H and O–H groups in total. The molecule has 0 aromatic heterocycles.